The van der Waals surface area contributed by atoms with E-state index in [0.29, 0.717) is 30.2 Å². The summed E-state index contributed by atoms with van der Waals surface area (Å²) in [5, 5.41) is 0.671. The maximum atomic E-state index is 12.6. The van der Waals surface area contributed by atoms with Crippen LogP contribution < -0.4 is 4.90 Å². The number of nitrogens with zero attached hydrogens (tertiary/aromatic N) is 3. The van der Waals surface area contributed by atoms with Gasteiger partial charge in [0.25, 0.3) is 0 Å². The zero-order valence-corrected chi connectivity index (χ0v) is 15.2. The van der Waals surface area contributed by atoms with Gasteiger partial charge in [0, 0.05) is 28.3 Å². The number of fused-ring (bicyclic) bond motifs is 1. The highest BCUT2D eigenvalue weighted by molar-refractivity contribution is 6.30. The molecule has 5 heteroatoms. The molecule has 0 spiro atoms. The number of aromatic nitrogens is 2. The van der Waals surface area contributed by atoms with Crippen LogP contribution in [0.15, 0.2) is 54.6 Å². The zero-order valence-electron chi connectivity index (χ0n) is 14.4. The van der Waals surface area contributed by atoms with Crippen molar-refractivity contribution in [1.82, 2.24) is 9.97 Å². The normalized spacial score (nSPS) is 13.6. The van der Waals surface area contributed by atoms with Crippen molar-refractivity contribution in [3.63, 3.8) is 0 Å². The molecule has 3 aromatic rings. The number of hydrogen-bond acceptors (Lipinski definition) is 3. The predicted molar refractivity (Wildman–Crippen MR) is 103 cm³/mol. The van der Waals surface area contributed by atoms with Gasteiger partial charge in [0.2, 0.25) is 5.91 Å². The van der Waals surface area contributed by atoms with Crippen LogP contribution in [-0.4, -0.2) is 15.9 Å². The van der Waals surface area contributed by atoms with Crippen LogP contribution >= 0.6 is 11.6 Å². The maximum Gasteiger partial charge on any atom is 0.228 e. The van der Waals surface area contributed by atoms with Crippen molar-refractivity contribution in [3.05, 3.63) is 76.4 Å². The molecule has 1 aliphatic rings. The lowest BCUT2D eigenvalue weighted by atomic mass is 10.0. The molecule has 0 fully saturated rings. The van der Waals surface area contributed by atoms with E-state index in [1.165, 1.54) is 0 Å². The molecule has 130 valence electrons. The molecule has 0 saturated carbocycles. The predicted octanol–water partition coefficient (Wildman–Crippen LogP) is 4.58. The fourth-order valence-electron chi connectivity index (χ4n) is 3.24. The third-order valence-corrected chi connectivity index (χ3v) is 4.88. The molecule has 1 amide bonds. The van der Waals surface area contributed by atoms with Gasteiger partial charge in [-0.15, -0.1) is 0 Å². The zero-order chi connectivity index (χ0) is 18.1. The van der Waals surface area contributed by atoms with Gasteiger partial charge >= 0.3 is 0 Å². The monoisotopic (exact) mass is 363 g/mol. The van der Waals surface area contributed by atoms with Gasteiger partial charge in [-0.2, -0.15) is 0 Å². The number of amides is 1. The lowest BCUT2D eigenvalue weighted by Gasteiger charge is -2.29. The lowest BCUT2D eigenvalue weighted by molar-refractivity contribution is -0.119. The minimum atomic E-state index is 0.0986. The summed E-state index contributed by atoms with van der Waals surface area (Å²) in [6.07, 6.45) is 1.18. The van der Waals surface area contributed by atoms with Crippen LogP contribution in [0.5, 0.6) is 0 Å². The Balaban J connectivity index is 1.78. The molecule has 4 nitrogen and oxygen atoms in total. The Morgan fingerprint density at radius 1 is 1.00 bits per heavy atom. The van der Waals surface area contributed by atoms with Crippen LogP contribution in [-0.2, 0) is 17.8 Å². The molecule has 2 heterocycles. The fraction of sp³-hybridized carbons (Fsp3) is 0.190. The highest BCUT2D eigenvalue weighted by Crippen LogP contribution is 2.31. The lowest BCUT2D eigenvalue weighted by Crippen LogP contribution is -2.36. The molecule has 1 aromatic heterocycles. The molecule has 0 N–H and O–H groups in total. The molecular weight excluding hydrogens is 346 g/mol. The van der Waals surface area contributed by atoms with Crippen LogP contribution in [0.4, 0.5) is 5.82 Å². The van der Waals surface area contributed by atoms with E-state index >= 15 is 0 Å². The quantitative estimate of drug-likeness (QED) is 0.684. The van der Waals surface area contributed by atoms with Gasteiger partial charge < -0.3 is 0 Å². The highest BCUT2D eigenvalue weighted by Gasteiger charge is 2.28. The first kappa shape index (κ1) is 16.7. The summed E-state index contributed by atoms with van der Waals surface area (Å²) < 4.78 is 0. The number of anilines is 1. The van der Waals surface area contributed by atoms with Gasteiger partial charge in [0.15, 0.2) is 5.82 Å². The summed E-state index contributed by atoms with van der Waals surface area (Å²) in [6, 6.07) is 17.4. The smallest absolute Gasteiger partial charge is 0.228 e. The van der Waals surface area contributed by atoms with Crippen molar-refractivity contribution < 1.29 is 4.79 Å². The number of hydrogen-bond donors (Lipinski definition) is 0. The van der Waals surface area contributed by atoms with Gasteiger partial charge in [-0.1, -0.05) is 41.9 Å². The van der Waals surface area contributed by atoms with Crippen molar-refractivity contribution >= 4 is 23.3 Å². The Bertz CT molecular complexity index is 955. The van der Waals surface area contributed by atoms with E-state index in [1.807, 2.05) is 61.5 Å². The van der Waals surface area contributed by atoms with E-state index in [1.54, 1.807) is 4.90 Å². The number of aryl methyl sites for hydroxylation is 1. The standard InChI is InChI=1S/C21H18ClN3O/c1-14-18-11-12-19(26)25(13-15-5-3-2-4-6-15)21(18)24-20(23-14)16-7-9-17(22)10-8-16/h2-10H,11-13H2,1H3. The molecular formula is C21H18ClN3O. The van der Waals surface area contributed by atoms with E-state index in [4.69, 9.17) is 16.6 Å². The van der Waals surface area contributed by atoms with Crippen molar-refractivity contribution in [2.24, 2.45) is 0 Å². The number of carbonyl (C=O) groups excluding carboxylic acids is 1. The highest BCUT2D eigenvalue weighted by atomic mass is 35.5. The Labute approximate surface area is 157 Å². The number of rotatable bonds is 3. The first-order valence-electron chi connectivity index (χ1n) is 8.59. The Morgan fingerprint density at radius 2 is 1.73 bits per heavy atom. The van der Waals surface area contributed by atoms with Gasteiger partial charge in [0.05, 0.1) is 6.54 Å². The van der Waals surface area contributed by atoms with Crippen molar-refractivity contribution in [2.45, 2.75) is 26.3 Å². The summed E-state index contributed by atoms with van der Waals surface area (Å²) in [6.45, 7) is 2.50. The summed E-state index contributed by atoms with van der Waals surface area (Å²) in [5.41, 5.74) is 3.94. The first-order valence-corrected chi connectivity index (χ1v) is 8.97. The largest absolute Gasteiger partial charge is 0.292 e. The van der Waals surface area contributed by atoms with E-state index in [-0.39, 0.29) is 5.91 Å². The number of carbonyl (C=O) groups is 1. The molecule has 2 aromatic carbocycles. The van der Waals surface area contributed by atoms with Crippen LogP contribution in [0.2, 0.25) is 5.02 Å². The number of halogens is 1. The molecule has 0 saturated heterocycles. The average Bonchev–Trinajstić information content (AvgIpc) is 2.65. The topological polar surface area (TPSA) is 46.1 Å². The molecule has 0 unspecified atom stereocenters. The molecule has 1 aliphatic heterocycles. The summed E-state index contributed by atoms with van der Waals surface area (Å²) >= 11 is 5.98. The minimum absolute atomic E-state index is 0.0986. The SMILES string of the molecule is Cc1nc(-c2ccc(Cl)cc2)nc2c1CCC(=O)N2Cc1ccccc1. The Kier molecular flexibility index (Phi) is 4.43. The van der Waals surface area contributed by atoms with Crippen molar-refractivity contribution in [2.75, 3.05) is 4.90 Å². The summed E-state index contributed by atoms with van der Waals surface area (Å²) in [7, 11) is 0. The van der Waals surface area contributed by atoms with Gasteiger partial charge in [-0.25, -0.2) is 9.97 Å². The Morgan fingerprint density at radius 3 is 2.46 bits per heavy atom. The van der Waals surface area contributed by atoms with Gasteiger partial charge in [-0.3, -0.25) is 9.69 Å². The summed E-state index contributed by atoms with van der Waals surface area (Å²) in [4.78, 5) is 23.8. The first-order chi connectivity index (χ1) is 12.6. The second-order valence-corrected chi connectivity index (χ2v) is 6.84. The maximum absolute atomic E-state index is 12.6. The third kappa shape index (κ3) is 3.20. The van der Waals surface area contributed by atoms with Crippen molar-refractivity contribution in [3.8, 4) is 11.4 Å². The van der Waals surface area contributed by atoms with Crippen LogP contribution in [0.1, 0.15) is 23.2 Å². The molecule has 4 rings (SSSR count). The van der Waals surface area contributed by atoms with Gasteiger partial charge in [-0.05, 0) is 43.2 Å². The summed E-state index contributed by atoms with van der Waals surface area (Å²) in [5.74, 6) is 1.44. The van der Waals surface area contributed by atoms with E-state index in [0.717, 1.165) is 28.2 Å². The second kappa shape index (κ2) is 6.89. The molecule has 0 radical (unpaired) electrons. The van der Waals surface area contributed by atoms with Crippen molar-refractivity contribution in [1.29, 1.82) is 0 Å². The average molecular weight is 364 g/mol. The van der Waals surface area contributed by atoms with E-state index < -0.39 is 0 Å². The molecule has 0 bridgehead atoms. The molecule has 0 aliphatic carbocycles. The number of benzene rings is 2. The molecule has 0 atom stereocenters. The van der Waals surface area contributed by atoms with Crippen LogP contribution in [0, 0.1) is 6.92 Å². The van der Waals surface area contributed by atoms with Gasteiger partial charge in [0.1, 0.15) is 5.82 Å². The molecule has 26 heavy (non-hydrogen) atoms. The van der Waals surface area contributed by atoms with Crippen LogP contribution in [0.25, 0.3) is 11.4 Å². The van der Waals surface area contributed by atoms with E-state index in [9.17, 15) is 4.79 Å². The third-order valence-electron chi connectivity index (χ3n) is 4.62. The van der Waals surface area contributed by atoms with Crippen LogP contribution in [0.3, 0.4) is 0 Å². The minimum Gasteiger partial charge on any atom is -0.292 e. The fourth-order valence-corrected chi connectivity index (χ4v) is 3.37. The second-order valence-electron chi connectivity index (χ2n) is 6.41. The van der Waals surface area contributed by atoms with E-state index in [2.05, 4.69) is 4.98 Å². The Hall–Kier alpha value is -2.72.